The van der Waals surface area contributed by atoms with E-state index in [-0.39, 0.29) is 10.6 Å². The molecule has 114 valence electrons. The molecule has 2 aromatic rings. The highest BCUT2D eigenvalue weighted by Gasteiger charge is 2.38. The normalized spacial score (nSPS) is 11.9. The Kier molecular flexibility index (Phi) is 4.85. The van der Waals surface area contributed by atoms with Crippen molar-refractivity contribution in [1.82, 2.24) is 9.78 Å². The average Bonchev–Trinajstić information content (AvgIpc) is 2.74. The van der Waals surface area contributed by atoms with Gasteiger partial charge < -0.3 is 5.11 Å². The molecule has 0 fully saturated rings. The zero-order chi connectivity index (χ0) is 15.6. The lowest BCUT2D eigenvalue weighted by Gasteiger charge is -2.07. The van der Waals surface area contributed by atoms with Crippen molar-refractivity contribution in [3.05, 3.63) is 46.1 Å². The maximum absolute atomic E-state index is 12.8. The summed E-state index contributed by atoms with van der Waals surface area (Å²) in [6, 6.07) is 7.10. The number of aromatic nitrogens is 2. The molecule has 0 unspecified atom stereocenters. The summed E-state index contributed by atoms with van der Waals surface area (Å²) in [5.41, 5.74) is -0.445. The molecule has 0 radical (unpaired) electrons. The van der Waals surface area contributed by atoms with Gasteiger partial charge in [0.05, 0.1) is 6.61 Å². The molecule has 0 aliphatic carbocycles. The molecule has 0 saturated carbocycles. The number of thioether (sulfide) groups is 1. The van der Waals surface area contributed by atoms with Crippen LogP contribution in [0.15, 0.2) is 29.3 Å². The van der Waals surface area contributed by atoms with Crippen molar-refractivity contribution in [1.29, 1.82) is 0 Å². The standard InChI is InChI=1S/C13H12ClF3N2OS/c1-19-12(9(6-20)11(18-19)13(15,16)17)21-7-8-4-2-3-5-10(8)14/h2-5,20H,6-7H2,1H3. The second-order valence-corrected chi connectivity index (χ2v) is 5.66. The van der Waals surface area contributed by atoms with E-state index in [9.17, 15) is 18.3 Å². The molecule has 0 bridgehead atoms. The van der Waals surface area contributed by atoms with Crippen molar-refractivity contribution in [3.8, 4) is 0 Å². The Morgan fingerprint density at radius 2 is 2.00 bits per heavy atom. The first-order chi connectivity index (χ1) is 9.84. The van der Waals surface area contributed by atoms with Crippen LogP contribution in [0.2, 0.25) is 5.02 Å². The highest BCUT2D eigenvalue weighted by atomic mass is 35.5. The molecular formula is C13H12ClF3N2OS. The third kappa shape index (κ3) is 3.53. The predicted molar refractivity (Wildman–Crippen MR) is 75.1 cm³/mol. The fraction of sp³-hybridized carbons (Fsp3) is 0.308. The van der Waals surface area contributed by atoms with Crippen LogP contribution in [-0.4, -0.2) is 14.9 Å². The maximum atomic E-state index is 12.8. The molecule has 8 heteroatoms. The minimum Gasteiger partial charge on any atom is -0.391 e. The highest BCUT2D eigenvalue weighted by Crippen LogP contribution is 2.37. The summed E-state index contributed by atoms with van der Waals surface area (Å²) in [5, 5.41) is 13.5. The Bertz CT molecular complexity index is 643. The Labute approximate surface area is 128 Å². The number of aliphatic hydroxyl groups is 1. The van der Waals surface area contributed by atoms with Gasteiger partial charge in [-0.15, -0.1) is 11.8 Å². The number of hydrogen-bond donors (Lipinski definition) is 1. The van der Waals surface area contributed by atoms with Gasteiger partial charge in [-0.05, 0) is 11.6 Å². The number of alkyl halides is 3. The van der Waals surface area contributed by atoms with Gasteiger partial charge in [-0.2, -0.15) is 18.3 Å². The van der Waals surface area contributed by atoms with Crippen LogP contribution in [0.25, 0.3) is 0 Å². The van der Waals surface area contributed by atoms with Crippen LogP contribution in [0.5, 0.6) is 0 Å². The Morgan fingerprint density at radius 1 is 1.33 bits per heavy atom. The average molecular weight is 337 g/mol. The fourth-order valence-corrected chi connectivity index (χ4v) is 3.25. The van der Waals surface area contributed by atoms with Gasteiger partial charge in [0.15, 0.2) is 5.69 Å². The number of benzene rings is 1. The van der Waals surface area contributed by atoms with E-state index >= 15 is 0 Å². The van der Waals surface area contributed by atoms with E-state index in [0.717, 1.165) is 22.0 Å². The van der Waals surface area contributed by atoms with Crippen LogP contribution in [0.3, 0.4) is 0 Å². The quantitative estimate of drug-likeness (QED) is 0.861. The number of aryl methyl sites for hydroxylation is 1. The largest absolute Gasteiger partial charge is 0.435 e. The third-order valence-corrected chi connectivity index (χ3v) is 4.44. The van der Waals surface area contributed by atoms with E-state index in [1.165, 1.54) is 7.05 Å². The van der Waals surface area contributed by atoms with Gasteiger partial charge >= 0.3 is 6.18 Å². The van der Waals surface area contributed by atoms with Crippen LogP contribution in [0.4, 0.5) is 13.2 Å². The summed E-state index contributed by atoms with van der Waals surface area (Å²) >= 11 is 7.18. The van der Waals surface area contributed by atoms with Gasteiger partial charge in [-0.1, -0.05) is 29.8 Å². The van der Waals surface area contributed by atoms with Gasteiger partial charge in [0.25, 0.3) is 0 Å². The summed E-state index contributed by atoms with van der Waals surface area (Å²) in [6.07, 6.45) is -4.58. The van der Waals surface area contributed by atoms with E-state index in [1.54, 1.807) is 24.3 Å². The van der Waals surface area contributed by atoms with Crippen molar-refractivity contribution < 1.29 is 18.3 Å². The maximum Gasteiger partial charge on any atom is 0.435 e. The second kappa shape index (κ2) is 6.29. The van der Waals surface area contributed by atoms with Crippen molar-refractivity contribution in [2.24, 2.45) is 7.05 Å². The zero-order valence-electron chi connectivity index (χ0n) is 11.0. The first-order valence-electron chi connectivity index (χ1n) is 5.94. The molecule has 0 amide bonds. The van der Waals surface area contributed by atoms with Crippen molar-refractivity contribution >= 4 is 23.4 Å². The number of halogens is 4. The first kappa shape index (κ1) is 16.2. The molecule has 0 spiro atoms. The second-order valence-electron chi connectivity index (χ2n) is 4.29. The summed E-state index contributed by atoms with van der Waals surface area (Å²) in [5.74, 6) is 0.392. The van der Waals surface area contributed by atoms with E-state index in [4.69, 9.17) is 11.6 Å². The van der Waals surface area contributed by atoms with Crippen LogP contribution < -0.4 is 0 Å². The number of nitrogens with zero attached hydrogens (tertiary/aromatic N) is 2. The SMILES string of the molecule is Cn1nc(C(F)(F)F)c(CO)c1SCc1ccccc1Cl. The molecule has 1 N–H and O–H groups in total. The summed E-state index contributed by atoms with van der Waals surface area (Å²) in [4.78, 5) is 0. The van der Waals surface area contributed by atoms with Gasteiger partial charge in [0, 0.05) is 23.4 Å². The number of aliphatic hydroxyl groups excluding tert-OH is 1. The van der Waals surface area contributed by atoms with E-state index in [0.29, 0.717) is 10.8 Å². The smallest absolute Gasteiger partial charge is 0.391 e. The minimum atomic E-state index is -4.58. The number of hydrogen-bond acceptors (Lipinski definition) is 3. The van der Waals surface area contributed by atoms with Crippen LogP contribution in [0, 0.1) is 0 Å². The Balaban J connectivity index is 2.29. The van der Waals surface area contributed by atoms with E-state index < -0.39 is 18.5 Å². The lowest BCUT2D eigenvalue weighted by atomic mass is 10.2. The first-order valence-corrected chi connectivity index (χ1v) is 7.31. The monoisotopic (exact) mass is 336 g/mol. The minimum absolute atomic E-state index is 0.206. The van der Waals surface area contributed by atoms with E-state index in [1.807, 2.05) is 0 Å². The predicted octanol–water partition coefficient (Wildman–Crippen LogP) is 3.88. The fourth-order valence-electron chi connectivity index (χ4n) is 1.86. The molecule has 0 aliphatic rings. The van der Waals surface area contributed by atoms with Crippen LogP contribution in [0.1, 0.15) is 16.8 Å². The van der Waals surface area contributed by atoms with Gasteiger partial charge in [-0.3, -0.25) is 4.68 Å². The molecular weight excluding hydrogens is 325 g/mol. The summed E-state index contributed by atoms with van der Waals surface area (Å²) < 4.78 is 39.7. The molecule has 1 aromatic carbocycles. The van der Waals surface area contributed by atoms with Crippen molar-refractivity contribution in [2.45, 2.75) is 23.6 Å². The molecule has 2 rings (SSSR count). The number of rotatable bonds is 4. The van der Waals surface area contributed by atoms with Gasteiger partial charge in [-0.25, -0.2) is 0 Å². The molecule has 0 atom stereocenters. The Morgan fingerprint density at radius 3 is 2.57 bits per heavy atom. The van der Waals surface area contributed by atoms with Gasteiger partial charge in [0.1, 0.15) is 5.03 Å². The summed E-state index contributed by atoms with van der Waals surface area (Å²) in [6.45, 7) is -0.715. The molecule has 0 aliphatic heterocycles. The molecule has 1 aromatic heterocycles. The molecule has 1 heterocycles. The van der Waals surface area contributed by atoms with Gasteiger partial charge in [0.2, 0.25) is 0 Å². The zero-order valence-corrected chi connectivity index (χ0v) is 12.6. The topological polar surface area (TPSA) is 38.0 Å². The molecule has 3 nitrogen and oxygen atoms in total. The summed E-state index contributed by atoms with van der Waals surface area (Å²) in [7, 11) is 1.42. The van der Waals surface area contributed by atoms with Crippen molar-refractivity contribution in [3.63, 3.8) is 0 Å². The highest BCUT2D eigenvalue weighted by molar-refractivity contribution is 7.98. The van der Waals surface area contributed by atoms with Crippen LogP contribution in [-0.2, 0) is 25.6 Å². The van der Waals surface area contributed by atoms with Crippen molar-refractivity contribution in [2.75, 3.05) is 0 Å². The third-order valence-electron chi connectivity index (χ3n) is 2.84. The molecule has 0 saturated heterocycles. The lowest BCUT2D eigenvalue weighted by Crippen LogP contribution is -2.09. The Hall–Kier alpha value is -1.18. The van der Waals surface area contributed by atoms with E-state index in [2.05, 4.69) is 5.10 Å². The molecule has 21 heavy (non-hydrogen) atoms. The van der Waals surface area contributed by atoms with Crippen LogP contribution >= 0.6 is 23.4 Å². The lowest BCUT2D eigenvalue weighted by molar-refractivity contribution is -0.142.